The van der Waals surface area contributed by atoms with E-state index < -0.39 is 6.04 Å². The minimum Gasteiger partial charge on any atom is -0.326 e. The molecule has 2 heterocycles. The average molecular weight is 321 g/mol. The van der Waals surface area contributed by atoms with E-state index >= 15 is 0 Å². The van der Waals surface area contributed by atoms with Gasteiger partial charge in [-0.2, -0.15) is 5.10 Å². The van der Waals surface area contributed by atoms with Crippen molar-refractivity contribution < 1.29 is 9.59 Å². The normalized spacial score (nSPS) is 18.6. The van der Waals surface area contributed by atoms with Crippen molar-refractivity contribution in [2.75, 3.05) is 6.67 Å². The predicted molar refractivity (Wildman–Crippen MR) is 87.4 cm³/mol. The molecule has 1 aliphatic rings. The van der Waals surface area contributed by atoms with Crippen LogP contribution in [-0.4, -0.2) is 50.3 Å². The van der Waals surface area contributed by atoms with Gasteiger partial charge in [0.25, 0.3) is 5.91 Å². The predicted octanol–water partition coefficient (Wildman–Crippen LogP) is 1.55. The monoisotopic (exact) mass is 321 g/mol. The number of rotatable bonds is 7. The first-order valence-corrected chi connectivity index (χ1v) is 8.11. The number of urea groups is 1. The highest BCUT2D eigenvalue weighted by atomic mass is 16.2. The number of aromatic nitrogens is 2. The van der Waals surface area contributed by atoms with Gasteiger partial charge in [-0.05, 0) is 26.2 Å². The maximum absolute atomic E-state index is 12.5. The number of hydrogen-bond acceptors (Lipinski definition) is 4. The second kappa shape index (κ2) is 7.12. The van der Waals surface area contributed by atoms with Crippen LogP contribution in [0.1, 0.15) is 39.7 Å². The number of carbonyl (C=O) groups is 2. The summed E-state index contributed by atoms with van der Waals surface area (Å²) in [4.78, 5) is 28.0. The van der Waals surface area contributed by atoms with Crippen molar-refractivity contribution in [2.24, 2.45) is 13.0 Å². The van der Waals surface area contributed by atoms with Gasteiger partial charge in [-0.25, -0.2) is 9.69 Å². The van der Waals surface area contributed by atoms with E-state index in [-0.39, 0.29) is 18.0 Å². The Balaban J connectivity index is 2.04. The number of nitrogens with zero attached hydrogens (tertiary/aromatic N) is 4. The largest absolute Gasteiger partial charge is 0.326 e. The summed E-state index contributed by atoms with van der Waals surface area (Å²) in [5.74, 6) is 0.237. The Labute approximate surface area is 137 Å². The SMILES string of the molecule is CC(C)C[C@@H]1NC(=O)N(CN(Cc2cnn(C)c2)C(C)C)C1=O. The Hall–Kier alpha value is -1.89. The first-order chi connectivity index (χ1) is 10.8. The summed E-state index contributed by atoms with van der Waals surface area (Å²) in [6.07, 6.45) is 4.43. The highest BCUT2D eigenvalue weighted by Gasteiger charge is 2.39. The van der Waals surface area contributed by atoms with Gasteiger partial charge < -0.3 is 5.32 Å². The summed E-state index contributed by atoms with van der Waals surface area (Å²) < 4.78 is 1.75. The Morgan fingerprint density at radius 3 is 2.52 bits per heavy atom. The Kier molecular flexibility index (Phi) is 5.41. The molecule has 7 nitrogen and oxygen atoms in total. The summed E-state index contributed by atoms with van der Waals surface area (Å²) in [6.45, 7) is 9.15. The first kappa shape index (κ1) is 17.5. The zero-order valence-corrected chi connectivity index (χ0v) is 14.6. The van der Waals surface area contributed by atoms with E-state index in [1.54, 1.807) is 4.68 Å². The fraction of sp³-hybridized carbons (Fsp3) is 0.688. The Bertz CT molecular complexity index is 567. The molecule has 0 unspecified atom stereocenters. The third-order valence-corrected chi connectivity index (χ3v) is 4.01. The molecule has 7 heteroatoms. The van der Waals surface area contributed by atoms with Crippen molar-refractivity contribution in [3.05, 3.63) is 18.0 Å². The molecule has 1 aromatic heterocycles. The highest BCUT2D eigenvalue weighted by molar-refractivity contribution is 6.04. The van der Waals surface area contributed by atoms with Crippen molar-refractivity contribution in [3.8, 4) is 0 Å². The minimum absolute atomic E-state index is 0.125. The molecule has 0 bridgehead atoms. The highest BCUT2D eigenvalue weighted by Crippen LogP contribution is 2.16. The third kappa shape index (κ3) is 4.31. The van der Waals surface area contributed by atoms with Gasteiger partial charge in [0.15, 0.2) is 0 Å². The van der Waals surface area contributed by atoms with Crippen LogP contribution in [0.25, 0.3) is 0 Å². The van der Waals surface area contributed by atoms with Gasteiger partial charge in [0.1, 0.15) is 6.04 Å². The fourth-order valence-electron chi connectivity index (χ4n) is 2.71. The number of carbonyl (C=O) groups excluding carboxylic acids is 2. The third-order valence-electron chi connectivity index (χ3n) is 4.01. The molecule has 1 aliphatic heterocycles. The van der Waals surface area contributed by atoms with Crippen LogP contribution in [0.5, 0.6) is 0 Å². The van der Waals surface area contributed by atoms with Gasteiger partial charge in [-0.1, -0.05) is 13.8 Å². The van der Waals surface area contributed by atoms with E-state index in [4.69, 9.17) is 0 Å². The summed E-state index contributed by atoms with van der Waals surface area (Å²) in [7, 11) is 1.87. The maximum atomic E-state index is 12.5. The Morgan fingerprint density at radius 1 is 1.30 bits per heavy atom. The number of nitrogens with one attached hydrogen (secondary N) is 1. The van der Waals surface area contributed by atoms with Crippen LogP contribution in [-0.2, 0) is 18.4 Å². The van der Waals surface area contributed by atoms with E-state index in [1.807, 2.05) is 33.3 Å². The maximum Gasteiger partial charge on any atom is 0.325 e. The second-order valence-corrected chi connectivity index (χ2v) is 6.90. The molecule has 0 radical (unpaired) electrons. The van der Waals surface area contributed by atoms with Crippen LogP contribution in [0.3, 0.4) is 0 Å². The van der Waals surface area contributed by atoms with Crippen molar-refractivity contribution in [3.63, 3.8) is 0 Å². The fourth-order valence-corrected chi connectivity index (χ4v) is 2.71. The Morgan fingerprint density at radius 2 is 2.00 bits per heavy atom. The summed E-state index contributed by atoms with van der Waals surface area (Å²) in [5.41, 5.74) is 1.06. The second-order valence-electron chi connectivity index (χ2n) is 6.90. The topological polar surface area (TPSA) is 70.5 Å². The smallest absolute Gasteiger partial charge is 0.325 e. The first-order valence-electron chi connectivity index (χ1n) is 8.11. The lowest BCUT2D eigenvalue weighted by Gasteiger charge is -2.29. The van der Waals surface area contributed by atoms with Gasteiger partial charge in [0.2, 0.25) is 0 Å². The number of hydrogen-bond donors (Lipinski definition) is 1. The molecule has 2 rings (SSSR count). The van der Waals surface area contributed by atoms with Crippen molar-refractivity contribution in [1.82, 2.24) is 24.9 Å². The lowest BCUT2D eigenvalue weighted by molar-refractivity contribution is -0.129. The number of imide groups is 1. The summed E-state index contributed by atoms with van der Waals surface area (Å²) >= 11 is 0. The van der Waals surface area contributed by atoms with Crippen LogP contribution in [0, 0.1) is 5.92 Å². The molecule has 0 spiro atoms. The van der Waals surface area contributed by atoms with E-state index in [0.717, 1.165) is 5.56 Å². The molecule has 0 aromatic carbocycles. The number of amides is 3. The molecule has 1 aromatic rings. The average Bonchev–Trinajstić information content (AvgIpc) is 2.96. The molecule has 1 fully saturated rings. The molecule has 23 heavy (non-hydrogen) atoms. The van der Waals surface area contributed by atoms with Gasteiger partial charge >= 0.3 is 6.03 Å². The van der Waals surface area contributed by atoms with Crippen molar-refractivity contribution in [2.45, 2.75) is 52.7 Å². The van der Waals surface area contributed by atoms with E-state index in [2.05, 4.69) is 29.2 Å². The molecule has 0 aliphatic carbocycles. The minimum atomic E-state index is -0.394. The summed E-state index contributed by atoms with van der Waals surface area (Å²) in [5, 5.41) is 6.96. The molecular weight excluding hydrogens is 294 g/mol. The zero-order valence-electron chi connectivity index (χ0n) is 14.6. The molecular formula is C16H27N5O2. The molecule has 3 amide bonds. The van der Waals surface area contributed by atoms with Crippen LogP contribution in [0.15, 0.2) is 12.4 Å². The van der Waals surface area contributed by atoms with Gasteiger partial charge in [0.05, 0.1) is 12.9 Å². The van der Waals surface area contributed by atoms with E-state index in [0.29, 0.717) is 25.6 Å². The molecule has 1 N–H and O–H groups in total. The lowest BCUT2D eigenvalue weighted by atomic mass is 10.0. The van der Waals surface area contributed by atoms with E-state index in [1.165, 1.54) is 4.90 Å². The lowest BCUT2D eigenvalue weighted by Crippen LogP contribution is -2.44. The molecule has 128 valence electrons. The van der Waals surface area contributed by atoms with Crippen LogP contribution in [0.4, 0.5) is 4.79 Å². The van der Waals surface area contributed by atoms with Crippen LogP contribution < -0.4 is 5.32 Å². The van der Waals surface area contributed by atoms with Gasteiger partial charge in [-0.15, -0.1) is 0 Å². The van der Waals surface area contributed by atoms with Crippen LogP contribution in [0.2, 0.25) is 0 Å². The quantitative estimate of drug-likeness (QED) is 0.774. The van der Waals surface area contributed by atoms with Crippen LogP contribution >= 0.6 is 0 Å². The standard InChI is InChI=1S/C16H27N5O2/c1-11(2)6-14-15(22)21(16(23)18-14)10-20(12(3)4)9-13-7-17-19(5)8-13/h7-8,11-12,14H,6,9-10H2,1-5H3,(H,18,23)/t14-/m0/s1. The number of aryl methyl sites for hydroxylation is 1. The summed E-state index contributed by atoms with van der Waals surface area (Å²) in [6, 6.07) is -0.479. The van der Waals surface area contributed by atoms with Gasteiger partial charge in [0, 0.05) is 31.4 Å². The molecule has 0 saturated carbocycles. The molecule has 1 atom stereocenters. The van der Waals surface area contributed by atoms with Crippen molar-refractivity contribution >= 4 is 11.9 Å². The molecule has 1 saturated heterocycles. The van der Waals surface area contributed by atoms with Gasteiger partial charge in [-0.3, -0.25) is 14.4 Å². The van der Waals surface area contributed by atoms with Crippen molar-refractivity contribution in [1.29, 1.82) is 0 Å². The zero-order chi connectivity index (χ0) is 17.1. The van der Waals surface area contributed by atoms with E-state index in [9.17, 15) is 9.59 Å².